The van der Waals surface area contributed by atoms with Gasteiger partial charge in [-0.1, -0.05) is 23.7 Å². The van der Waals surface area contributed by atoms with Crippen LogP contribution >= 0.6 is 46.0 Å². The van der Waals surface area contributed by atoms with Crippen molar-refractivity contribution in [2.45, 2.75) is 6.54 Å². The average molecular weight is 560 g/mol. The van der Waals surface area contributed by atoms with Crippen molar-refractivity contribution in [2.75, 3.05) is 13.7 Å². The minimum Gasteiger partial charge on any atom is -0.493 e. The maximum atomic E-state index is 12.8. The Morgan fingerprint density at radius 3 is 2.73 bits per heavy atom. The monoisotopic (exact) mass is 559 g/mol. The maximum absolute atomic E-state index is 12.8. The summed E-state index contributed by atoms with van der Waals surface area (Å²) in [5, 5.41) is 8.97. The number of imide groups is 1. The first kappa shape index (κ1) is 22.4. The number of hydrogen-bond acceptors (Lipinski definition) is 6. The highest BCUT2D eigenvalue weighted by molar-refractivity contribution is 14.1. The fourth-order valence-electron chi connectivity index (χ4n) is 2.70. The molecule has 1 heterocycles. The highest BCUT2D eigenvalue weighted by Crippen LogP contribution is 2.37. The standard InChI is InChI=1S/C20H15ClINO6S/c1-28-15-7-12(6-14(22)18(15)29-10-17(24)25)8-16-19(26)23(20(27)30-16)9-11-3-2-4-13(21)5-11/h2-8H,9-10H2,1H3,(H,24,25)/b16-8-. The van der Waals surface area contributed by atoms with Crippen LogP contribution in [0.3, 0.4) is 0 Å². The van der Waals surface area contributed by atoms with Crippen LogP contribution in [0.1, 0.15) is 11.1 Å². The molecule has 0 aromatic heterocycles. The summed E-state index contributed by atoms with van der Waals surface area (Å²) in [6, 6.07) is 10.3. The molecule has 1 aliphatic heterocycles. The molecule has 0 unspecified atom stereocenters. The van der Waals surface area contributed by atoms with Crippen molar-refractivity contribution in [2.24, 2.45) is 0 Å². The number of methoxy groups -OCH3 is 1. The summed E-state index contributed by atoms with van der Waals surface area (Å²) in [6.07, 6.45) is 1.59. The highest BCUT2D eigenvalue weighted by Gasteiger charge is 2.35. The zero-order chi connectivity index (χ0) is 21.8. The second-order valence-electron chi connectivity index (χ2n) is 6.11. The van der Waals surface area contributed by atoms with E-state index in [-0.39, 0.29) is 16.7 Å². The van der Waals surface area contributed by atoms with Crippen LogP contribution in [-0.4, -0.2) is 40.8 Å². The van der Waals surface area contributed by atoms with Gasteiger partial charge in [0.25, 0.3) is 11.1 Å². The van der Waals surface area contributed by atoms with Gasteiger partial charge in [0.05, 0.1) is 22.1 Å². The lowest BCUT2D eigenvalue weighted by Gasteiger charge is -2.13. The summed E-state index contributed by atoms with van der Waals surface area (Å²) in [5.74, 6) is -0.880. The molecule has 2 aromatic carbocycles. The number of carbonyl (C=O) groups is 3. The minimum absolute atomic E-state index is 0.130. The Balaban J connectivity index is 1.84. The SMILES string of the molecule is COc1cc(/C=C2\SC(=O)N(Cc3cccc(Cl)c3)C2=O)cc(I)c1OCC(=O)O. The third-order valence-corrected chi connectivity index (χ3v) is 5.94. The highest BCUT2D eigenvalue weighted by atomic mass is 127. The number of carboxylic acid groups (broad SMARTS) is 1. The number of ether oxygens (including phenoxy) is 2. The molecule has 0 atom stereocenters. The molecule has 1 saturated heterocycles. The maximum Gasteiger partial charge on any atom is 0.341 e. The zero-order valence-electron chi connectivity index (χ0n) is 15.6. The average Bonchev–Trinajstić information content (AvgIpc) is 2.94. The molecular formula is C20H15ClINO6S. The largest absolute Gasteiger partial charge is 0.493 e. The number of carboxylic acids is 1. The Morgan fingerprint density at radius 2 is 2.07 bits per heavy atom. The van der Waals surface area contributed by atoms with Crippen LogP contribution in [0, 0.1) is 3.57 Å². The lowest BCUT2D eigenvalue weighted by Crippen LogP contribution is -2.27. The summed E-state index contributed by atoms with van der Waals surface area (Å²) < 4.78 is 11.2. The van der Waals surface area contributed by atoms with E-state index in [1.54, 1.807) is 42.5 Å². The molecule has 156 valence electrons. The van der Waals surface area contributed by atoms with E-state index in [0.717, 1.165) is 22.2 Å². The van der Waals surface area contributed by atoms with Crippen molar-refractivity contribution in [1.29, 1.82) is 0 Å². The number of halogens is 2. The van der Waals surface area contributed by atoms with E-state index in [9.17, 15) is 14.4 Å². The quantitative estimate of drug-likeness (QED) is 0.390. The van der Waals surface area contributed by atoms with E-state index in [0.29, 0.717) is 25.7 Å². The van der Waals surface area contributed by atoms with Crippen LogP contribution in [0.5, 0.6) is 11.5 Å². The molecule has 0 radical (unpaired) electrons. The van der Waals surface area contributed by atoms with Gasteiger partial charge in [0.1, 0.15) is 0 Å². The second-order valence-corrected chi connectivity index (χ2v) is 8.71. The third-order valence-electron chi connectivity index (χ3n) is 3.99. The summed E-state index contributed by atoms with van der Waals surface area (Å²) in [6.45, 7) is -0.376. The first-order chi connectivity index (χ1) is 14.3. The molecule has 1 N–H and O–H groups in total. The van der Waals surface area contributed by atoms with Crippen LogP contribution < -0.4 is 9.47 Å². The summed E-state index contributed by atoms with van der Waals surface area (Å²) in [5.41, 5.74) is 1.37. The van der Waals surface area contributed by atoms with E-state index >= 15 is 0 Å². The lowest BCUT2D eigenvalue weighted by atomic mass is 10.1. The van der Waals surface area contributed by atoms with Gasteiger partial charge in [0, 0.05) is 5.02 Å². The second kappa shape index (κ2) is 9.71. The predicted molar refractivity (Wildman–Crippen MR) is 122 cm³/mol. The van der Waals surface area contributed by atoms with Gasteiger partial charge in [-0.15, -0.1) is 0 Å². The number of benzene rings is 2. The van der Waals surface area contributed by atoms with Gasteiger partial charge in [-0.05, 0) is 75.8 Å². The van der Waals surface area contributed by atoms with Gasteiger partial charge in [0.2, 0.25) is 0 Å². The van der Waals surface area contributed by atoms with E-state index in [2.05, 4.69) is 0 Å². The van der Waals surface area contributed by atoms with Crippen molar-refractivity contribution in [1.82, 2.24) is 4.90 Å². The van der Waals surface area contributed by atoms with E-state index in [1.165, 1.54) is 7.11 Å². The van der Waals surface area contributed by atoms with Crippen molar-refractivity contribution >= 4 is 69.1 Å². The molecular weight excluding hydrogens is 545 g/mol. The van der Waals surface area contributed by atoms with Crippen molar-refractivity contribution < 1.29 is 29.0 Å². The number of aliphatic carboxylic acids is 1. The molecule has 0 saturated carbocycles. The van der Waals surface area contributed by atoms with Crippen molar-refractivity contribution in [3.63, 3.8) is 0 Å². The first-order valence-electron chi connectivity index (χ1n) is 8.50. The molecule has 0 bridgehead atoms. The molecule has 0 aliphatic carbocycles. The van der Waals surface area contributed by atoms with Gasteiger partial charge < -0.3 is 14.6 Å². The molecule has 7 nitrogen and oxygen atoms in total. The minimum atomic E-state index is -1.11. The molecule has 30 heavy (non-hydrogen) atoms. The fourth-order valence-corrected chi connectivity index (χ4v) is 4.53. The third kappa shape index (κ3) is 5.27. The van der Waals surface area contributed by atoms with Gasteiger partial charge in [0.15, 0.2) is 18.1 Å². The van der Waals surface area contributed by atoms with Crippen LogP contribution in [0.2, 0.25) is 5.02 Å². The normalized spacial score (nSPS) is 15.0. The Labute approximate surface area is 195 Å². The topological polar surface area (TPSA) is 93.1 Å². The molecule has 1 fully saturated rings. The van der Waals surface area contributed by atoms with Crippen LogP contribution in [-0.2, 0) is 16.1 Å². The van der Waals surface area contributed by atoms with Crippen LogP contribution in [0.4, 0.5) is 4.79 Å². The lowest BCUT2D eigenvalue weighted by molar-refractivity contribution is -0.139. The van der Waals surface area contributed by atoms with Crippen LogP contribution in [0.25, 0.3) is 6.08 Å². The van der Waals surface area contributed by atoms with Crippen molar-refractivity contribution in [3.8, 4) is 11.5 Å². The van der Waals surface area contributed by atoms with Gasteiger partial charge in [-0.2, -0.15) is 0 Å². The van der Waals surface area contributed by atoms with Gasteiger partial charge in [-0.25, -0.2) is 4.79 Å². The molecule has 1 aliphatic rings. The van der Waals surface area contributed by atoms with E-state index in [4.69, 9.17) is 26.2 Å². The molecule has 0 spiro atoms. The predicted octanol–water partition coefficient (Wildman–Crippen LogP) is 4.65. The van der Waals surface area contributed by atoms with Gasteiger partial charge >= 0.3 is 5.97 Å². The van der Waals surface area contributed by atoms with Crippen LogP contribution in [0.15, 0.2) is 41.3 Å². The molecule has 3 rings (SSSR count). The number of carbonyl (C=O) groups excluding carboxylic acids is 2. The number of amides is 2. The smallest absolute Gasteiger partial charge is 0.341 e. The number of thioether (sulfide) groups is 1. The summed E-state index contributed by atoms with van der Waals surface area (Å²) >= 11 is 8.82. The van der Waals surface area contributed by atoms with E-state index in [1.807, 2.05) is 22.6 Å². The molecule has 2 amide bonds. The Kier molecular flexibility index (Phi) is 7.27. The summed E-state index contributed by atoms with van der Waals surface area (Å²) in [4.78, 5) is 37.3. The Hall–Kier alpha value is -2.24. The molecule has 10 heteroatoms. The van der Waals surface area contributed by atoms with Crippen molar-refractivity contribution in [3.05, 3.63) is 61.0 Å². The van der Waals surface area contributed by atoms with E-state index < -0.39 is 18.5 Å². The number of nitrogens with zero attached hydrogens (tertiary/aromatic N) is 1. The number of rotatable bonds is 7. The Bertz CT molecular complexity index is 1060. The molecule has 2 aromatic rings. The Morgan fingerprint density at radius 1 is 1.30 bits per heavy atom. The zero-order valence-corrected chi connectivity index (χ0v) is 19.3. The van der Waals surface area contributed by atoms with Gasteiger partial charge in [-0.3, -0.25) is 14.5 Å². The first-order valence-corrected chi connectivity index (χ1v) is 10.8. The fraction of sp³-hybridized carbons (Fsp3) is 0.150. The number of hydrogen-bond donors (Lipinski definition) is 1. The summed E-state index contributed by atoms with van der Waals surface area (Å²) in [7, 11) is 1.43.